The Kier molecular flexibility index (Phi) is 2.57. The van der Waals surface area contributed by atoms with Gasteiger partial charge in [-0.25, -0.2) is 0 Å². The minimum absolute atomic E-state index is 0.225. The molecule has 0 amide bonds. The third kappa shape index (κ3) is 1.92. The van der Waals surface area contributed by atoms with E-state index >= 15 is 0 Å². The Morgan fingerprint density at radius 2 is 2.20 bits per heavy atom. The van der Waals surface area contributed by atoms with Gasteiger partial charge in [-0.1, -0.05) is 23.7 Å². The molecule has 1 aromatic rings. The highest BCUT2D eigenvalue weighted by Gasteiger charge is 2.38. The number of nitrogens with two attached hydrogens (primary N) is 1. The van der Waals surface area contributed by atoms with Crippen LogP contribution in [-0.4, -0.2) is 11.1 Å². The molecule has 15 heavy (non-hydrogen) atoms. The minimum Gasteiger partial charge on any atom is -0.481 e. The molecule has 1 aliphatic rings. The molecule has 80 valence electrons. The molecular formula is C11H12ClNO2. The summed E-state index contributed by atoms with van der Waals surface area (Å²) in [5, 5.41) is 9.58. The van der Waals surface area contributed by atoms with Gasteiger partial charge in [0, 0.05) is 0 Å². The molecule has 0 bridgehead atoms. The maximum atomic E-state index is 11.1. The van der Waals surface area contributed by atoms with Gasteiger partial charge in [-0.15, -0.1) is 0 Å². The minimum atomic E-state index is -0.813. The van der Waals surface area contributed by atoms with Crippen LogP contribution in [0.4, 0.5) is 5.69 Å². The van der Waals surface area contributed by atoms with Gasteiger partial charge in [0.25, 0.3) is 0 Å². The van der Waals surface area contributed by atoms with Crippen LogP contribution in [0.25, 0.3) is 0 Å². The fraction of sp³-hybridized carbons (Fsp3) is 0.364. The second-order valence-electron chi connectivity index (χ2n) is 3.90. The molecule has 0 spiro atoms. The van der Waals surface area contributed by atoms with Crippen molar-refractivity contribution in [2.24, 2.45) is 5.92 Å². The molecule has 0 aliphatic heterocycles. The van der Waals surface area contributed by atoms with Gasteiger partial charge in [0.2, 0.25) is 0 Å². The summed E-state index contributed by atoms with van der Waals surface area (Å²) in [5.41, 5.74) is 6.84. The van der Waals surface area contributed by atoms with Gasteiger partial charge in [0.15, 0.2) is 0 Å². The fourth-order valence-electron chi connectivity index (χ4n) is 1.84. The van der Waals surface area contributed by atoms with Crippen molar-refractivity contribution in [3.8, 4) is 0 Å². The lowest BCUT2D eigenvalue weighted by Crippen LogP contribution is -2.15. The first-order valence-electron chi connectivity index (χ1n) is 4.88. The fourth-order valence-corrected chi connectivity index (χ4v) is 2.02. The van der Waals surface area contributed by atoms with Gasteiger partial charge < -0.3 is 10.8 Å². The van der Waals surface area contributed by atoms with Crippen molar-refractivity contribution in [3.05, 3.63) is 28.8 Å². The number of carboxylic acid groups (broad SMARTS) is 1. The molecular weight excluding hydrogens is 214 g/mol. The zero-order valence-electron chi connectivity index (χ0n) is 8.11. The van der Waals surface area contributed by atoms with E-state index < -0.39 is 11.9 Å². The molecule has 0 saturated heterocycles. The third-order valence-electron chi connectivity index (χ3n) is 2.78. The molecule has 3 N–H and O–H groups in total. The molecule has 0 aromatic heterocycles. The number of benzene rings is 1. The number of halogens is 1. The van der Waals surface area contributed by atoms with Crippen LogP contribution in [0, 0.1) is 5.92 Å². The zero-order chi connectivity index (χ0) is 11.0. The average Bonchev–Trinajstić information content (AvgIpc) is 2.96. The van der Waals surface area contributed by atoms with Gasteiger partial charge in [-0.05, 0) is 30.4 Å². The van der Waals surface area contributed by atoms with Gasteiger partial charge in [-0.3, -0.25) is 4.79 Å². The molecule has 1 fully saturated rings. The number of aliphatic carboxylic acids is 1. The van der Waals surface area contributed by atoms with Crippen molar-refractivity contribution in [1.82, 2.24) is 0 Å². The van der Waals surface area contributed by atoms with E-state index in [0.717, 1.165) is 12.8 Å². The number of carbonyl (C=O) groups is 1. The highest BCUT2D eigenvalue weighted by molar-refractivity contribution is 6.33. The molecule has 3 nitrogen and oxygen atoms in total. The first kappa shape index (κ1) is 10.3. The standard InChI is InChI=1S/C11H12ClNO2/c12-8-3-1-2-7(10(8)13)9(11(14)15)6-4-5-6/h1-3,6,9H,4-5,13H2,(H,14,15). The zero-order valence-corrected chi connectivity index (χ0v) is 8.87. The Morgan fingerprint density at radius 1 is 1.53 bits per heavy atom. The molecule has 0 heterocycles. The number of hydrogen-bond acceptors (Lipinski definition) is 2. The van der Waals surface area contributed by atoms with Crippen LogP contribution < -0.4 is 5.73 Å². The lowest BCUT2D eigenvalue weighted by atomic mass is 9.93. The number of rotatable bonds is 3. The number of anilines is 1. The molecule has 1 atom stereocenters. The van der Waals surface area contributed by atoms with E-state index in [2.05, 4.69) is 0 Å². The molecule has 1 saturated carbocycles. The summed E-state index contributed by atoms with van der Waals surface area (Å²) in [4.78, 5) is 11.1. The second-order valence-corrected chi connectivity index (χ2v) is 4.30. The van der Waals surface area contributed by atoms with Gasteiger partial charge in [0.05, 0.1) is 16.6 Å². The van der Waals surface area contributed by atoms with Gasteiger partial charge >= 0.3 is 5.97 Å². The highest BCUT2D eigenvalue weighted by Crippen LogP contribution is 2.45. The average molecular weight is 226 g/mol. The monoisotopic (exact) mass is 225 g/mol. The third-order valence-corrected chi connectivity index (χ3v) is 3.11. The van der Waals surface area contributed by atoms with Crippen LogP contribution in [-0.2, 0) is 4.79 Å². The molecule has 1 aliphatic carbocycles. The second kappa shape index (κ2) is 3.74. The Hall–Kier alpha value is -1.22. The Labute approximate surface area is 92.8 Å². The number of para-hydroxylation sites is 1. The summed E-state index contributed by atoms with van der Waals surface area (Å²) in [6, 6.07) is 5.16. The van der Waals surface area contributed by atoms with Crippen LogP contribution in [0.3, 0.4) is 0 Å². The largest absolute Gasteiger partial charge is 0.481 e. The number of nitrogen functional groups attached to an aromatic ring is 1. The predicted octanol–water partition coefficient (Wildman–Crippen LogP) is 2.50. The first-order chi connectivity index (χ1) is 7.11. The maximum Gasteiger partial charge on any atom is 0.311 e. The van der Waals surface area contributed by atoms with Crippen molar-refractivity contribution in [1.29, 1.82) is 0 Å². The first-order valence-corrected chi connectivity index (χ1v) is 5.25. The molecule has 1 aromatic carbocycles. The quantitative estimate of drug-likeness (QED) is 0.777. The number of hydrogen-bond donors (Lipinski definition) is 2. The van der Waals surface area contributed by atoms with Crippen molar-refractivity contribution in [3.63, 3.8) is 0 Å². The SMILES string of the molecule is Nc1c(Cl)cccc1C(C(=O)O)C1CC1. The lowest BCUT2D eigenvalue weighted by molar-refractivity contribution is -0.139. The van der Waals surface area contributed by atoms with Crippen LogP contribution in [0.1, 0.15) is 24.3 Å². The Balaban J connectivity index is 2.41. The maximum absolute atomic E-state index is 11.1. The van der Waals surface area contributed by atoms with Crippen molar-refractivity contribution < 1.29 is 9.90 Å². The van der Waals surface area contributed by atoms with Crippen molar-refractivity contribution in [2.45, 2.75) is 18.8 Å². The van der Waals surface area contributed by atoms with E-state index in [1.165, 1.54) is 0 Å². The topological polar surface area (TPSA) is 63.3 Å². The summed E-state index contributed by atoms with van der Waals surface area (Å²) in [6.07, 6.45) is 1.92. The molecule has 0 radical (unpaired) electrons. The molecule has 4 heteroatoms. The van der Waals surface area contributed by atoms with Crippen LogP contribution in [0.2, 0.25) is 5.02 Å². The molecule has 1 unspecified atom stereocenters. The summed E-state index contributed by atoms with van der Waals surface area (Å²) in [6.45, 7) is 0. The predicted molar refractivity (Wildman–Crippen MR) is 59.0 cm³/mol. The summed E-state index contributed by atoms with van der Waals surface area (Å²) >= 11 is 5.87. The smallest absolute Gasteiger partial charge is 0.311 e. The van der Waals surface area contributed by atoms with Crippen LogP contribution in [0.15, 0.2) is 18.2 Å². The highest BCUT2D eigenvalue weighted by atomic mass is 35.5. The summed E-state index contributed by atoms with van der Waals surface area (Å²) < 4.78 is 0. The molecule has 2 rings (SSSR count). The van der Waals surface area contributed by atoms with E-state index in [-0.39, 0.29) is 5.92 Å². The van der Waals surface area contributed by atoms with Crippen molar-refractivity contribution in [2.75, 3.05) is 5.73 Å². The Bertz CT molecular complexity index is 402. The van der Waals surface area contributed by atoms with E-state index in [1.807, 2.05) is 0 Å². The van der Waals surface area contributed by atoms with Crippen LogP contribution >= 0.6 is 11.6 Å². The summed E-state index contributed by atoms with van der Waals surface area (Å²) in [5.74, 6) is -1.08. The van der Waals surface area contributed by atoms with E-state index in [0.29, 0.717) is 16.3 Å². The Morgan fingerprint density at radius 3 is 2.73 bits per heavy atom. The van der Waals surface area contributed by atoms with Crippen LogP contribution in [0.5, 0.6) is 0 Å². The van der Waals surface area contributed by atoms with E-state index in [4.69, 9.17) is 22.4 Å². The van der Waals surface area contributed by atoms with Gasteiger partial charge in [0.1, 0.15) is 0 Å². The summed E-state index contributed by atoms with van der Waals surface area (Å²) in [7, 11) is 0. The normalized spacial score (nSPS) is 17.4. The van der Waals surface area contributed by atoms with E-state index in [9.17, 15) is 4.79 Å². The van der Waals surface area contributed by atoms with Gasteiger partial charge in [-0.2, -0.15) is 0 Å². The van der Waals surface area contributed by atoms with Crippen molar-refractivity contribution >= 4 is 23.3 Å². The number of carboxylic acids is 1. The van der Waals surface area contributed by atoms with E-state index in [1.54, 1.807) is 18.2 Å². The lowest BCUT2D eigenvalue weighted by Gasteiger charge is -2.14.